The summed E-state index contributed by atoms with van der Waals surface area (Å²) in [6.07, 6.45) is 8.18. The maximum atomic E-state index is 8.79. The first kappa shape index (κ1) is 15.2. The van der Waals surface area contributed by atoms with Crippen LogP contribution in [0.5, 0.6) is 0 Å². The lowest BCUT2D eigenvalue weighted by Gasteiger charge is -2.39. The van der Waals surface area contributed by atoms with Crippen molar-refractivity contribution in [3.63, 3.8) is 0 Å². The van der Waals surface area contributed by atoms with Crippen molar-refractivity contribution in [3.05, 3.63) is 0 Å². The highest BCUT2D eigenvalue weighted by Gasteiger charge is 2.35. The average molecular weight is 270 g/mol. The van der Waals surface area contributed by atoms with Crippen LogP contribution in [0.2, 0.25) is 0 Å². The molecule has 19 heavy (non-hydrogen) atoms. The fourth-order valence-corrected chi connectivity index (χ4v) is 3.82. The largest absolute Gasteiger partial charge is 0.394 e. The lowest BCUT2D eigenvalue weighted by atomic mass is 9.85. The molecule has 0 unspecified atom stereocenters. The van der Waals surface area contributed by atoms with E-state index in [1.165, 1.54) is 32.2 Å². The minimum atomic E-state index is 0.144. The van der Waals surface area contributed by atoms with Gasteiger partial charge in [-0.15, -0.1) is 0 Å². The molecule has 1 heterocycles. The van der Waals surface area contributed by atoms with Crippen LogP contribution in [0.15, 0.2) is 0 Å². The predicted octanol–water partition coefficient (Wildman–Crippen LogP) is 1.24. The normalized spacial score (nSPS) is 24.9. The van der Waals surface area contributed by atoms with Gasteiger partial charge in [0.05, 0.1) is 19.3 Å². The zero-order valence-corrected chi connectivity index (χ0v) is 12.4. The molecule has 1 aliphatic heterocycles. The van der Waals surface area contributed by atoms with Crippen LogP contribution in [0.3, 0.4) is 0 Å². The monoisotopic (exact) mass is 270 g/mol. The van der Waals surface area contributed by atoms with Crippen molar-refractivity contribution in [2.75, 3.05) is 46.4 Å². The van der Waals surface area contributed by atoms with Crippen molar-refractivity contribution in [3.8, 4) is 0 Å². The highest BCUT2D eigenvalue weighted by molar-refractivity contribution is 4.90. The third-order valence-corrected chi connectivity index (χ3v) is 4.75. The Hall–Kier alpha value is -0.160. The third-order valence-electron chi connectivity index (χ3n) is 4.75. The SMILES string of the molecule is CNCC1(CN2CCC(OCCO)CC2)CCCC1. The average Bonchev–Trinajstić information content (AvgIpc) is 2.87. The molecule has 2 fully saturated rings. The molecular formula is C15H30N2O2. The molecule has 4 heteroatoms. The zero-order valence-electron chi connectivity index (χ0n) is 12.4. The number of piperidine rings is 1. The standard InChI is InChI=1S/C15H30N2O2/c1-16-12-15(6-2-3-7-15)13-17-8-4-14(5-9-17)19-11-10-18/h14,16,18H,2-13H2,1H3. The Balaban J connectivity index is 1.74. The second-order valence-corrected chi connectivity index (χ2v) is 6.31. The number of rotatable bonds is 7. The van der Waals surface area contributed by atoms with Crippen molar-refractivity contribution in [2.45, 2.75) is 44.6 Å². The zero-order chi connectivity index (χ0) is 13.6. The van der Waals surface area contributed by atoms with Crippen LogP contribution in [0, 0.1) is 5.41 Å². The topological polar surface area (TPSA) is 44.7 Å². The summed E-state index contributed by atoms with van der Waals surface area (Å²) >= 11 is 0. The number of aliphatic hydroxyl groups excluding tert-OH is 1. The summed E-state index contributed by atoms with van der Waals surface area (Å²) < 4.78 is 5.63. The van der Waals surface area contributed by atoms with Gasteiger partial charge in [0.2, 0.25) is 0 Å². The fraction of sp³-hybridized carbons (Fsp3) is 1.00. The van der Waals surface area contributed by atoms with Crippen LogP contribution in [0.1, 0.15) is 38.5 Å². The van der Waals surface area contributed by atoms with Crippen LogP contribution in [-0.4, -0.2) is 62.6 Å². The van der Waals surface area contributed by atoms with E-state index in [0.717, 1.165) is 32.5 Å². The highest BCUT2D eigenvalue weighted by Crippen LogP contribution is 2.38. The molecule has 1 saturated carbocycles. The second-order valence-electron chi connectivity index (χ2n) is 6.31. The number of nitrogens with one attached hydrogen (secondary N) is 1. The van der Waals surface area contributed by atoms with Crippen molar-refractivity contribution in [1.82, 2.24) is 10.2 Å². The van der Waals surface area contributed by atoms with Gasteiger partial charge in [-0.1, -0.05) is 12.8 Å². The molecule has 0 aromatic rings. The van der Waals surface area contributed by atoms with Crippen LogP contribution in [-0.2, 0) is 4.74 Å². The van der Waals surface area contributed by atoms with Gasteiger partial charge in [-0.25, -0.2) is 0 Å². The maximum absolute atomic E-state index is 8.79. The third kappa shape index (κ3) is 4.42. The van der Waals surface area contributed by atoms with Crippen molar-refractivity contribution < 1.29 is 9.84 Å². The Morgan fingerprint density at radius 1 is 1.26 bits per heavy atom. The summed E-state index contributed by atoms with van der Waals surface area (Å²) in [5.41, 5.74) is 0.521. The lowest BCUT2D eigenvalue weighted by Crippen LogP contribution is -2.46. The first-order valence-electron chi connectivity index (χ1n) is 7.87. The van der Waals surface area contributed by atoms with E-state index in [9.17, 15) is 0 Å². The van der Waals surface area contributed by atoms with Crippen LogP contribution in [0.4, 0.5) is 0 Å². The Labute approximate surface area is 117 Å². The summed E-state index contributed by atoms with van der Waals surface area (Å²) in [7, 11) is 2.08. The van der Waals surface area contributed by atoms with Crippen molar-refractivity contribution >= 4 is 0 Å². The Kier molecular flexibility index (Phi) is 6.07. The first-order chi connectivity index (χ1) is 9.28. The van der Waals surface area contributed by atoms with Gasteiger partial charge in [-0.3, -0.25) is 0 Å². The van der Waals surface area contributed by atoms with Gasteiger partial charge in [0.25, 0.3) is 0 Å². The van der Waals surface area contributed by atoms with Gasteiger partial charge in [0.15, 0.2) is 0 Å². The number of hydrogen-bond donors (Lipinski definition) is 2. The predicted molar refractivity (Wildman–Crippen MR) is 77.3 cm³/mol. The molecule has 2 rings (SSSR count). The van der Waals surface area contributed by atoms with Gasteiger partial charge in [-0.2, -0.15) is 0 Å². The number of ether oxygens (including phenoxy) is 1. The first-order valence-corrected chi connectivity index (χ1v) is 7.87. The van der Waals surface area contributed by atoms with E-state index in [4.69, 9.17) is 9.84 Å². The fourth-order valence-electron chi connectivity index (χ4n) is 3.82. The summed E-state index contributed by atoms with van der Waals surface area (Å²) in [5.74, 6) is 0. The van der Waals surface area contributed by atoms with Crippen molar-refractivity contribution in [2.24, 2.45) is 5.41 Å². The van der Waals surface area contributed by atoms with E-state index in [0.29, 0.717) is 18.1 Å². The molecule has 112 valence electrons. The molecule has 0 radical (unpaired) electrons. The van der Waals surface area contributed by atoms with Crippen molar-refractivity contribution in [1.29, 1.82) is 0 Å². The van der Waals surface area contributed by atoms with Gasteiger partial charge in [0.1, 0.15) is 0 Å². The van der Waals surface area contributed by atoms with E-state index >= 15 is 0 Å². The van der Waals surface area contributed by atoms with E-state index in [-0.39, 0.29) is 6.61 Å². The lowest BCUT2D eigenvalue weighted by molar-refractivity contribution is -0.0145. The van der Waals surface area contributed by atoms with Gasteiger partial charge < -0.3 is 20.1 Å². The Bertz CT molecular complexity index is 247. The molecule has 1 saturated heterocycles. The minimum Gasteiger partial charge on any atom is -0.394 e. The van der Waals surface area contributed by atoms with E-state index in [1.807, 2.05) is 0 Å². The molecule has 4 nitrogen and oxygen atoms in total. The molecule has 1 aliphatic carbocycles. The summed E-state index contributed by atoms with van der Waals surface area (Å²) in [6.45, 7) is 5.36. The second kappa shape index (κ2) is 7.58. The summed E-state index contributed by atoms with van der Waals surface area (Å²) in [6, 6.07) is 0. The van der Waals surface area contributed by atoms with Crippen LogP contribution in [0.25, 0.3) is 0 Å². The van der Waals surface area contributed by atoms with Gasteiger partial charge in [-0.05, 0) is 38.1 Å². The molecule has 0 amide bonds. The number of aliphatic hydroxyl groups is 1. The number of likely N-dealkylation sites (tertiary alicyclic amines) is 1. The molecule has 0 spiro atoms. The number of hydrogen-bond acceptors (Lipinski definition) is 4. The number of nitrogens with zero attached hydrogens (tertiary/aromatic N) is 1. The molecule has 2 N–H and O–H groups in total. The molecule has 0 aromatic carbocycles. The molecular weight excluding hydrogens is 240 g/mol. The molecule has 2 aliphatic rings. The summed E-state index contributed by atoms with van der Waals surface area (Å²) in [5, 5.41) is 12.2. The minimum absolute atomic E-state index is 0.144. The van der Waals surface area contributed by atoms with E-state index in [1.54, 1.807) is 0 Å². The Morgan fingerprint density at radius 3 is 2.53 bits per heavy atom. The molecule has 0 aromatic heterocycles. The van der Waals surface area contributed by atoms with E-state index < -0.39 is 0 Å². The summed E-state index contributed by atoms with van der Waals surface area (Å²) in [4.78, 5) is 2.63. The van der Waals surface area contributed by atoms with Gasteiger partial charge >= 0.3 is 0 Å². The quantitative estimate of drug-likeness (QED) is 0.730. The highest BCUT2D eigenvalue weighted by atomic mass is 16.5. The van der Waals surface area contributed by atoms with Gasteiger partial charge in [0, 0.05) is 26.2 Å². The maximum Gasteiger partial charge on any atom is 0.0701 e. The molecule has 0 bridgehead atoms. The Morgan fingerprint density at radius 2 is 1.95 bits per heavy atom. The molecule has 0 atom stereocenters. The van der Waals surface area contributed by atoms with E-state index in [2.05, 4.69) is 17.3 Å². The smallest absolute Gasteiger partial charge is 0.0701 e. The van der Waals surface area contributed by atoms with Crippen LogP contribution < -0.4 is 5.32 Å². The van der Waals surface area contributed by atoms with Crippen LogP contribution >= 0.6 is 0 Å².